The van der Waals surface area contributed by atoms with Gasteiger partial charge in [-0.25, -0.2) is 4.39 Å². The average molecular weight is 237 g/mol. The van der Waals surface area contributed by atoms with Gasteiger partial charge in [0.05, 0.1) is 6.61 Å². The summed E-state index contributed by atoms with van der Waals surface area (Å²) < 4.78 is 13.1. The third kappa shape index (κ3) is 3.27. The van der Waals surface area contributed by atoms with Crippen molar-refractivity contribution in [3.8, 4) is 0 Å². The van der Waals surface area contributed by atoms with Crippen LogP contribution in [0, 0.1) is 17.2 Å². The molecule has 0 bridgehead atoms. The Labute approximate surface area is 102 Å². The lowest BCUT2D eigenvalue weighted by molar-refractivity contribution is 0.115. The Morgan fingerprint density at radius 2 is 2.18 bits per heavy atom. The summed E-state index contributed by atoms with van der Waals surface area (Å²) in [6, 6.07) is 6.58. The van der Waals surface area contributed by atoms with Crippen molar-refractivity contribution >= 4 is 0 Å². The van der Waals surface area contributed by atoms with E-state index in [0.29, 0.717) is 18.9 Å². The van der Waals surface area contributed by atoms with E-state index >= 15 is 0 Å². The molecule has 0 aromatic heterocycles. The summed E-state index contributed by atoms with van der Waals surface area (Å²) in [4.78, 5) is 0. The normalized spacial score (nSPS) is 19.0. The van der Waals surface area contributed by atoms with Crippen molar-refractivity contribution in [2.45, 2.75) is 25.7 Å². The van der Waals surface area contributed by atoms with E-state index in [-0.39, 0.29) is 17.8 Å². The van der Waals surface area contributed by atoms with Crippen molar-refractivity contribution < 1.29 is 9.50 Å². The molecule has 0 radical (unpaired) electrons. The second-order valence-corrected chi connectivity index (χ2v) is 5.32. The molecule has 0 aliphatic heterocycles. The molecule has 1 aliphatic rings. The molecule has 17 heavy (non-hydrogen) atoms. The number of hydrogen-bond donors (Lipinski definition) is 2. The second kappa shape index (κ2) is 5.15. The van der Waals surface area contributed by atoms with Crippen LogP contribution in [0.5, 0.6) is 0 Å². The third-order valence-corrected chi connectivity index (χ3v) is 3.66. The van der Waals surface area contributed by atoms with E-state index in [0.717, 1.165) is 12.0 Å². The highest BCUT2D eigenvalue weighted by Gasteiger charge is 2.35. The lowest BCUT2D eigenvalue weighted by Gasteiger charge is -2.30. The van der Waals surface area contributed by atoms with Gasteiger partial charge in [-0.05, 0) is 36.5 Å². The quantitative estimate of drug-likeness (QED) is 0.796. The van der Waals surface area contributed by atoms with Crippen LogP contribution in [0.4, 0.5) is 4.39 Å². The molecule has 0 saturated heterocycles. The number of halogens is 1. The maximum absolute atomic E-state index is 13.1. The number of aliphatic hydroxyl groups is 1. The van der Waals surface area contributed by atoms with E-state index in [4.69, 9.17) is 5.73 Å². The zero-order chi connectivity index (χ0) is 12.3. The molecule has 1 aliphatic carbocycles. The first kappa shape index (κ1) is 12.5. The largest absolute Gasteiger partial charge is 0.396 e. The second-order valence-electron chi connectivity index (χ2n) is 5.32. The molecular weight excluding hydrogens is 217 g/mol. The summed E-state index contributed by atoms with van der Waals surface area (Å²) in [7, 11) is 0. The van der Waals surface area contributed by atoms with Crippen LogP contribution in [0.3, 0.4) is 0 Å². The standard InChI is InChI=1S/C14H20FNO/c15-13-3-1-2-12(6-13)8-14(9-16,10-17)7-11-4-5-11/h1-3,6,11,17H,4-5,7-10,16H2. The van der Waals surface area contributed by atoms with Gasteiger partial charge in [0.15, 0.2) is 0 Å². The van der Waals surface area contributed by atoms with Gasteiger partial charge in [0.2, 0.25) is 0 Å². The summed E-state index contributed by atoms with van der Waals surface area (Å²) in [5, 5.41) is 9.61. The van der Waals surface area contributed by atoms with E-state index in [2.05, 4.69) is 0 Å². The minimum Gasteiger partial charge on any atom is -0.396 e. The van der Waals surface area contributed by atoms with E-state index < -0.39 is 0 Å². The minimum atomic E-state index is -0.269. The van der Waals surface area contributed by atoms with Crippen molar-refractivity contribution in [3.63, 3.8) is 0 Å². The Balaban J connectivity index is 2.10. The lowest BCUT2D eigenvalue weighted by Crippen LogP contribution is -2.37. The van der Waals surface area contributed by atoms with Crippen LogP contribution in [0.25, 0.3) is 0 Å². The van der Waals surface area contributed by atoms with Gasteiger partial charge in [-0.1, -0.05) is 25.0 Å². The number of rotatable bonds is 6. The molecule has 1 fully saturated rings. The van der Waals surface area contributed by atoms with Gasteiger partial charge < -0.3 is 10.8 Å². The van der Waals surface area contributed by atoms with Crippen molar-refractivity contribution in [3.05, 3.63) is 35.6 Å². The van der Waals surface area contributed by atoms with Crippen molar-refractivity contribution in [1.29, 1.82) is 0 Å². The van der Waals surface area contributed by atoms with Crippen LogP contribution in [0.1, 0.15) is 24.8 Å². The molecule has 94 valence electrons. The predicted molar refractivity (Wildman–Crippen MR) is 66.0 cm³/mol. The maximum atomic E-state index is 13.1. The van der Waals surface area contributed by atoms with E-state index in [1.54, 1.807) is 6.07 Å². The predicted octanol–water partition coefficient (Wildman–Crippen LogP) is 2.11. The van der Waals surface area contributed by atoms with E-state index in [1.165, 1.54) is 25.0 Å². The zero-order valence-corrected chi connectivity index (χ0v) is 10.0. The summed E-state index contributed by atoms with van der Waals surface area (Å²) in [5.41, 5.74) is 6.48. The fourth-order valence-electron chi connectivity index (χ4n) is 2.43. The molecule has 1 aromatic carbocycles. The van der Waals surface area contributed by atoms with Crippen LogP contribution >= 0.6 is 0 Å². The number of nitrogens with two attached hydrogens (primary N) is 1. The molecule has 0 heterocycles. The first-order valence-corrected chi connectivity index (χ1v) is 6.23. The monoisotopic (exact) mass is 237 g/mol. The fraction of sp³-hybridized carbons (Fsp3) is 0.571. The molecule has 0 spiro atoms. The van der Waals surface area contributed by atoms with E-state index in [1.807, 2.05) is 6.07 Å². The SMILES string of the molecule is NCC(CO)(Cc1cccc(F)c1)CC1CC1. The van der Waals surface area contributed by atoms with Crippen LogP contribution in [-0.2, 0) is 6.42 Å². The Morgan fingerprint density at radius 3 is 2.71 bits per heavy atom. The van der Waals surface area contributed by atoms with Crippen molar-refractivity contribution in [1.82, 2.24) is 0 Å². The Morgan fingerprint density at radius 1 is 1.41 bits per heavy atom. The van der Waals surface area contributed by atoms with Gasteiger partial charge in [-0.2, -0.15) is 0 Å². The Kier molecular flexibility index (Phi) is 3.79. The minimum absolute atomic E-state index is 0.0799. The van der Waals surface area contributed by atoms with Crippen LogP contribution in [-0.4, -0.2) is 18.3 Å². The summed E-state index contributed by atoms with van der Waals surface area (Å²) in [5.74, 6) is 0.483. The summed E-state index contributed by atoms with van der Waals surface area (Å²) in [6.45, 7) is 0.535. The summed E-state index contributed by atoms with van der Waals surface area (Å²) in [6.07, 6.45) is 4.10. The van der Waals surface area contributed by atoms with Gasteiger partial charge in [0, 0.05) is 12.0 Å². The molecule has 1 atom stereocenters. The smallest absolute Gasteiger partial charge is 0.123 e. The maximum Gasteiger partial charge on any atom is 0.123 e. The van der Waals surface area contributed by atoms with E-state index in [9.17, 15) is 9.50 Å². The van der Waals surface area contributed by atoms with Crippen molar-refractivity contribution in [2.24, 2.45) is 17.1 Å². The van der Waals surface area contributed by atoms with Gasteiger partial charge in [0.1, 0.15) is 5.82 Å². The molecule has 3 heteroatoms. The topological polar surface area (TPSA) is 46.2 Å². The zero-order valence-electron chi connectivity index (χ0n) is 10.0. The average Bonchev–Trinajstić information content (AvgIpc) is 3.12. The molecule has 0 amide bonds. The molecule has 3 N–H and O–H groups in total. The highest BCUT2D eigenvalue weighted by molar-refractivity contribution is 5.18. The van der Waals surface area contributed by atoms with Gasteiger partial charge >= 0.3 is 0 Å². The Bertz CT molecular complexity index is 372. The molecule has 1 saturated carbocycles. The highest BCUT2D eigenvalue weighted by atomic mass is 19.1. The third-order valence-electron chi connectivity index (χ3n) is 3.66. The van der Waals surface area contributed by atoms with Gasteiger partial charge in [-0.15, -0.1) is 0 Å². The first-order valence-electron chi connectivity index (χ1n) is 6.23. The van der Waals surface area contributed by atoms with Crippen LogP contribution in [0.15, 0.2) is 24.3 Å². The molecule has 1 aromatic rings. The number of benzene rings is 1. The molecular formula is C14H20FNO. The van der Waals surface area contributed by atoms with Gasteiger partial charge in [0.25, 0.3) is 0 Å². The van der Waals surface area contributed by atoms with Crippen LogP contribution in [0.2, 0.25) is 0 Å². The van der Waals surface area contributed by atoms with Crippen LogP contribution < -0.4 is 5.73 Å². The first-order chi connectivity index (χ1) is 8.17. The molecule has 2 rings (SSSR count). The fourth-order valence-corrected chi connectivity index (χ4v) is 2.43. The molecule has 1 unspecified atom stereocenters. The van der Waals surface area contributed by atoms with Gasteiger partial charge in [-0.3, -0.25) is 0 Å². The highest BCUT2D eigenvalue weighted by Crippen LogP contribution is 2.41. The lowest BCUT2D eigenvalue weighted by atomic mass is 9.78. The summed E-state index contributed by atoms with van der Waals surface area (Å²) >= 11 is 0. The molecule has 2 nitrogen and oxygen atoms in total. The number of aliphatic hydroxyl groups excluding tert-OH is 1. The Hall–Kier alpha value is -0.930. The van der Waals surface area contributed by atoms with Crippen molar-refractivity contribution in [2.75, 3.05) is 13.2 Å². The number of hydrogen-bond acceptors (Lipinski definition) is 2.